The molecule has 2 saturated heterocycles. The number of amides is 3. The number of rotatable bonds is 4. The minimum atomic E-state index is -0.154. The minimum Gasteiger partial charge on any atom is -0.494 e. The van der Waals surface area contributed by atoms with Crippen LogP contribution in [0.25, 0.3) is 0 Å². The highest BCUT2D eigenvalue weighted by molar-refractivity contribution is 5.97. The van der Waals surface area contributed by atoms with E-state index in [1.54, 1.807) is 34.1 Å². The van der Waals surface area contributed by atoms with Crippen molar-refractivity contribution in [2.24, 2.45) is 0 Å². The first-order valence-corrected chi connectivity index (χ1v) is 8.56. The van der Waals surface area contributed by atoms with Crippen LogP contribution in [-0.4, -0.2) is 65.8 Å². The summed E-state index contributed by atoms with van der Waals surface area (Å²) in [5.41, 5.74) is 0.543. The van der Waals surface area contributed by atoms with Crippen LogP contribution in [-0.2, 0) is 9.59 Å². The molecular formula is C18H23N3O4. The van der Waals surface area contributed by atoms with Crippen LogP contribution in [0.2, 0.25) is 0 Å². The lowest BCUT2D eigenvalue weighted by atomic mass is 10.1. The van der Waals surface area contributed by atoms with E-state index in [1.807, 2.05) is 6.92 Å². The first kappa shape index (κ1) is 17.3. The molecule has 2 aliphatic heterocycles. The molecule has 3 amide bonds. The molecule has 0 unspecified atom stereocenters. The highest BCUT2D eigenvalue weighted by Crippen LogP contribution is 2.24. The molecule has 2 fully saturated rings. The smallest absolute Gasteiger partial charge is 0.254 e. The molecule has 1 N–H and O–H groups in total. The molecule has 3 rings (SSSR count). The molecule has 0 saturated carbocycles. The Bertz CT molecular complexity index is 673. The second-order valence-electron chi connectivity index (χ2n) is 6.48. The van der Waals surface area contributed by atoms with Gasteiger partial charge < -0.3 is 19.9 Å². The summed E-state index contributed by atoms with van der Waals surface area (Å²) < 4.78 is 5.38. The maximum Gasteiger partial charge on any atom is 0.254 e. The van der Waals surface area contributed by atoms with E-state index in [0.717, 1.165) is 0 Å². The van der Waals surface area contributed by atoms with E-state index in [2.05, 4.69) is 5.32 Å². The van der Waals surface area contributed by atoms with E-state index < -0.39 is 0 Å². The predicted molar refractivity (Wildman–Crippen MR) is 91.2 cm³/mol. The number of piperazine rings is 1. The third-order valence-electron chi connectivity index (χ3n) is 4.60. The normalized spacial score (nSPS) is 22.6. The summed E-state index contributed by atoms with van der Waals surface area (Å²) in [7, 11) is 0. The average molecular weight is 345 g/mol. The zero-order chi connectivity index (χ0) is 18.0. The van der Waals surface area contributed by atoms with Gasteiger partial charge in [0.05, 0.1) is 12.6 Å². The fourth-order valence-electron chi connectivity index (χ4n) is 3.56. The van der Waals surface area contributed by atoms with Crippen molar-refractivity contribution in [3.05, 3.63) is 29.8 Å². The molecule has 25 heavy (non-hydrogen) atoms. The Morgan fingerprint density at radius 1 is 1.24 bits per heavy atom. The summed E-state index contributed by atoms with van der Waals surface area (Å²) in [6, 6.07) is 6.89. The Morgan fingerprint density at radius 3 is 2.60 bits per heavy atom. The number of carbonyl (C=O) groups excluding carboxylic acids is 3. The molecule has 2 atom stereocenters. The molecule has 0 aliphatic carbocycles. The number of hydrogen-bond acceptors (Lipinski definition) is 4. The molecule has 0 aromatic heterocycles. The summed E-state index contributed by atoms with van der Waals surface area (Å²) in [6.07, 6.45) is 0.679. The lowest BCUT2D eigenvalue weighted by Crippen LogP contribution is -2.55. The maximum absolute atomic E-state index is 12.7. The van der Waals surface area contributed by atoms with Gasteiger partial charge in [-0.1, -0.05) is 0 Å². The number of fused-ring (bicyclic) bond motifs is 1. The number of hydrogen-bond donors (Lipinski definition) is 1. The average Bonchev–Trinajstić information content (AvgIpc) is 2.97. The van der Waals surface area contributed by atoms with Gasteiger partial charge in [0.15, 0.2) is 0 Å². The van der Waals surface area contributed by atoms with E-state index >= 15 is 0 Å². The molecule has 2 heterocycles. The van der Waals surface area contributed by atoms with Crippen LogP contribution < -0.4 is 10.1 Å². The summed E-state index contributed by atoms with van der Waals surface area (Å²) >= 11 is 0. The molecule has 0 spiro atoms. The van der Waals surface area contributed by atoms with Gasteiger partial charge in [0, 0.05) is 31.6 Å². The summed E-state index contributed by atoms with van der Waals surface area (Å²) in [5, 5.41) is 2.86. The summed E-state index contributed by atoms with van der Waals surface area (Å²) in [5.74, 6) is 0.399. The molecule has 7 nitrogen and oxygen atoms in total. The van der Waals surface area contributed by atoms with Gasteiger partial charge in [0.25, 0.3) is 5.91 Å². The second kappa shape index (κ2) is 7.13. The van der Waals surface area contributed by atoms with Gasteiger partial charge in [-0.05, 0) is 37.6 Å². The predicted octanol–water partition coefficient (Wildman–Crippen LogP) is 0.647. The first-order valence-electron chi connectivity index (χ1n) is 8.56. The van der Waals surface area contributed by atoms with Crippen LogP contribution >= 0.6 is 0 Å². The second-order valence-corrected chi connectivity index (χ2v) is 6.48. The number of ether oxygens (including phenoxy) is 1. The largest absolute Gasteiger partial charge is 0.494 e. The van der Waals surface area contributed by atoms with Crippen LogP contribution in [0, 0.1) is 0 Å². The van der Waals surface area contributed by atoms with Gasteiger partial charge in [-0.25, -0.2) is 0 Å². The first-order chi connectivity index (χ1) is 12.0. The van der Waals surface area contributed by atoms with Crippen LogP contribution in [0.3, 0.4) is 0 Å². The van der Waals surface area contributed by atoms with Crippen molar-refractivity contribution in [3.8, 4) is 5.75 Å². The molecule has 7 heteroatoms. The van der Waals surface area contributed by atoms with Crippen molar-refractivity contribution in [3.63, 3.8) is 0 Å². The van der Waals surface area contributed by atoms with Crippen molar-refractivity contribution in [1.82, 2.24) is 15.1 Å². The van der Waals surface area contributed by atoms with E-state index in [9.17, 15) is 14.4 Å². The maximum atomic E-state index is 12.7. The Hall–Kier alpha value is -2.57. The third kappa shape index (κ3) is 3.75. The lowest BCUT2D eigenvalue weighted by Gasteiger charge is -2.36. The molecule has 1 aromatic carbocycles. The van der Waals surface area contributed by atoms with Crippen molar-refractivity contribution >= 4 is 17.7 Å². The third-order valence-corrected chi connectivity index (χ3v) is 4.60. The highest BCUT2D eigenvalue weighted by Gasteiger charge is 2.41. The Morgan fingerprint density at radius 2 is 1.96 bits per heavy atom. The Kier molecular flexibility index (Phi) is 4.92. The zero-order valence-electron chi connectivity index (χ0n) is 14.5. The molecular weight excluding hydrogens is 322 g/mol. The molecule has 1 aromatic rings. The van der Waals surface area contributed by atoms with Crippen LogP contribution in [0.15, 0.2) is 24.3 Å². The van der Waals surface area contributed by atoms with Crippen molar-refractivity contribution < 1.29 is 19.1 Å². The highest BCUT2D eigenvalue weighted by atomic mass is 16.5. The Labute approximate surface area is 146 Å². The SMILES string of the molecule is CCOc1ccc(C(=O)N2CC(=O)N3C[C@@H](NC(C)=O)C[C@H]3C2)cc1. The molecule has 0 radical (unpaired) electrons. The molecule has 2 aliphatic rings. The van der Waals surface area contributed by atoms with Crippen LogP contribution in [0.4, 0.5) is 0 Å². The fourth-order valence-corrected chi connectivity index (χ4v) is 3.56. The van der Waals surface area contributed by atoms with Crippen LogP contribution in [0.5, 0.6) is 5.75 Å². The van der Waals surface area contributed by atoms with E-state index in [-0.39, 0.29) is 36.3 Å². The van der Waals surface area contributed by atoms with Gasteiger partial charge in [0.2, 0.25) is 11.8 Å². The van der Waals surface area contributed by atoms with Crippen LogP contribution in [0.1, 0.15) is 30.6 Å². The van der Waals surface area contributed by atoms with Crippen molar-refractivity contribution in [2.75, 3.05) is 26.2 Å². The minimum absolute atomic E-state index is 0.0352. The zero-order valence-corrected chi connectivity index (χ0v) is 14.5. The van der Waals surface area contributed by atoms with E-state index in [4.69, 9.17) is 4.74 Å². The van der Waals surface area contributed by atoms with Gasteiger partial charge in [-0.15, -0.1) is 0 Å². The molecule has 134 valence electrons. The summed E-state index contributed by atoms with van der Waals surface area (Å²) in [6.45, 7) is 5.04. The number of nitrogens with zero attached hydrogens (tertiary/aromatic N) is 2. The van der Waals surface area contributed by atoms with Crippen molar-refractivity contribution in [2.45, 2.75) is 32.4 Å². The van der Waals surface area contributed by atoms with E-state index in [0.29, 0.717) is 37.4 Å². The quantitative estimate of drug-likeness (QED) is 0.869. The van der Waals surface area contributed by atoms with Gasteiger partial charge >= 0.3 is 0 Å². The fraction of sp³-hybridized carbons (Fsp3) is 0.500. The van der Waals surface area contributed by atoms with Crippen molar-refractivity contribution in [1.29, 1.82) is 0 Å². The number of benzene rings is 1. The van der Waals surface area contributed by atoms with E-state index in [1.165, 1.54) is 6.92 Å². The van der Waals surface area contributed by atoms with Gasteiger partial charge in [-0.2, -0.15) is 0 Å². The number of nitrogens with one attached hydrogen (secondary N) is 1. The summed E-state index contributed by atoms with van der Waals surface area (Å²) in [4.78, 5) is 39.7. The standard InChI is InChI=1S/C18H23N3O4/c1-3-25-16-6-4-13(5-7-16)18(24)20-10-15-8-14(19-12(2)22)9-21(15)17(23)11-20/h4-7,14-15H,3,8-11H2,1-2H3,(H,19,22)/t14-,15-/m0/s1. The van der Waals surface area contributed by atoms with Gasteiger partial charge in [0.1, 0.15) is 12.3 Å². The topological polar surface area (TPSA) is 79.0 Å². The molecule has 0 bridgehead atoms. The lowest BCUT2D eigenvalue weighted by molar-refractivity contribution is -0.136. The Balaban J connectivity index is 1.67. The number of carbonyl (C=O) groups is 3. The van der Waals surface area contributed by atoms with Gasteiger partial charge in [-0.3, -0.25) is 14.4 Å². The monoisotopic (exact) mass is 345 g/mol.